The van der Waals surface area contributed by atoms with Crippen LogP contribution in [0.15, 0.2) is 34.8 Å². The number of nitrogens with zero attached hydrogens (tertiary/aromatic N) is 3. The number of aromatic nitrogens is 3. The van der Waals surface area contributed by atoms with E-state index in [1.807, 2.05) is 29.5 Å². The van der Waals surface area contributed by atoms with Crippen molar-refractivity contribution in [2.75, 3.05) is 0 Å². The van der Waals surface area contributed by atoms with E-state index in [4.69, 9.17) is 11.6 Å². The van der Waals surface area contributed by atoms with E-state index in [2.05, 4.69) is 33.1 Å². The maximum Gasteiger partial charge on any atom is 0.191 e. The first-order chi connectivity index (χ1) is 12.3. The molecule has 6 heteroatoms. The van der Waals surface area contributed by atoms with Crippen LogP contribution in [-0.2, 0) is 25.1 Å². The van der Waals surface area contributed by atoms with Crippen molar-refractivity contribution in [2.45, 2.75) is 50.1 Å². The van der Waals surface area contributed by atoms with E-state index in [0.29, 0.717) is 0 Å². The van der Waals surface area contributed by atoms with Crippen molar-refractivity contribution in [1.29, 1.82) is 0 Å². The van der Waals surface area contributed by atoms with Gasteiger partial charge in [0.15, 0.2) is 11.0 Å². The highest BCUT2D eigenvalue weighted by molar-refractivity contribution is 7.98. The van der Waals surface area contributed by atoms with Gasteiger partial charge in [0, 0.05) is 33.1 Å². The van der Waals surface area contributed by atoms with Crippen LogP contribution in [0, 0.1) is 0 Å². The lowest BCUT2D eigenvalue weighted by atomic mass is 9.96. The molecule has 4 rings (SSSR count). The Morgan fingerprint density at radius 1 is 1.24 bits per heavy atom. The van der Waals surface area contributed by atoms with Gasteiger partial charge in [0.1, 0.15) is 0 Å². The Kier molecular flexibility index (Phi) is 5.15. The van der Waals surface area contributed by atoms with E-state index >= 15 is 0 Å². The molecule has 0 saturated carbocycles. The molecule has 0 N–H and O–H groups in total. The number of halogens is 1. The van der Waals surface area contributed by atoms with Gasteiger partial charge in [0.25, 0.3) is 0 Å². The molecule has 0 radical (unpaired) electrons. The van der Waals surface area contributed by atoms with Crippen molar-refractivity contribution in [3.8, 4) is 11.4 Å². The summed E-state index contributed by atoms with van der Waals surface area (Å²) in [5.74, 6) is 1.87. The van der Waals surface area contributed by atoms with Crippen molar-refractivity contribution in [1.82, 2.24) is 14.8 Å². The molecule has 2 aromatic heterocycles. The topological polar surface area (TPSA) is 30.7 Å². The number of hydrogen-bond acceptors (Lipinski definition) is 4. The summed E-state index contributed by atoms with van der Waals surface area (Å²) < 4.78 is 2.24. The van der Waals surface area contributed by atoms with Crippen molar-refractivity contribution >= 4 is 34.7 Å². The third kappa shape index (κ3) is 3.50. The largest absolute Gasteiger partial charge is 0.302 e. The molecule has 25 heavy (non-hydrogen) atoms. The van der Waals surface area contributed by atoms with Gasteiger partial charge in [0.05, 0.1) is 0 Å². The molecule has 0 unspecified atom stereocenters. The summed E-state index contributed by atoms with van der Waals surface area (Å²) in [6.45, 7) is 3.04. The lowest BCUT2D eigenvalue weighted by Crippen LogP contribution is -2.03. The van der Waals surface area contributed by atoms with Crippen LogP contribution in [0.1, 0.15) is 35.8 Å². The van der Waals surface area contributed by atoms with Gasteiger partial charge in [-0.1, -0.05) is 35.5 Å². The van der Waals surface area contributed by atoms with Gasteiger partial charge >= 0.3 is 0 Å². The third-order valence-electron chi connectivity index (χ3n) is 4.59. The summed E-state index contributed by atoms with van der Waals surface area (Å²) in [6, 6.07) is 8.01. The summed E-state index contributed by atoms with van der Waals surface area (Å²) in [7, 11) is 0. The Hall–Kier alpha value is -1.30. The molecule has 1 aliphatic carbocycles. The lowest BCUT2D eigenvalue weighted by molar-refractivity contribution is 0.680. The van der Waals surface area contributed by atoms with Crippen LogP contribution in [0.2, 0.25) is 5.02 Å². The first-order valence-corrected chi connectivity index (χ1v) is 10.9. The zero-order chi connectivity index (χ0) is 17.2. The Morgan fingerprint density at radius 3 is 2.96 bits per heavy atom. The maximum absolute atomic E-state index is 6.08. The van der Waals surface area contributed by atoms with E-state index in [-0.39, 0.29) is 0 Å². The predicted octanol–water partition coefficient (Wildman–Crippen LogP) is 5.85. The van der Waals surface area contributed by atoms with E-state index in [1.54, 1.807) is 16.6 Å². The fourth-order valence-corrected chi connectivity index (χ4v) is 5.62. The Bertz CT molecular complexity index is 885. The lowest BCUT2D eigenvalue weighted by Gasteiger charge is -2.13. The fraction of sp³-hybridized carbons (Fsp3) is 0.368. The number of aryl methyl sites for hydroxylation is 1. The molecule has 0 aliphatic heterocycles. The number of thiophene rings is 1. The summed E-state index contributed by atoms with van der Waals surface area (Å²) in [6.07, 6.45) is 4.99. The second-order valence-electron chi connectivity index (χ2n) is 6.23. The zero-order valence-corrected chi connectivity index (χ0v) is 16.6. The van der Waals surface area contributed by atoms with Crippen molar-refractivity contribution in [2.24, 2.45) is 0 Å². The average molecular weight is 390 g/mol. The van der Waals surface area contributed by atoms with Crippen LogP contribution in [0.4, 0.5) is 0 Å². The SMILES string of the molecule is CCn1c(SCc2cccc(Cl)c2)nnc1-c1csc2c1CCCC2. The summed E-state index contributed by atoms with van der Waals surface area (Å²) in [5.41, 5.74) is 4.01. The van der Waals surface area contributed by atoms with Crippen LogP contribution >= 0.6 is 34.7 Å². The monoisotopic (exact) mass is 389 g/mol. The molecule has 3 aromatic rings. The first-order valence-electron chi connectivity index (χ1n) is 8.66. The van der Waals surface area contributed by atoms with Gasteiger partial charge in [0.2, 0.25) is 0 Å². The summed E-state index contributed by atoms with van der Waals surface area (Å²) in [4.78, 5) is 1.54. The van der Waals surface area contributed by atoms with Crippen molar-refractivity contribution in [3.05, 3.63) is 50.7 Å². The minimum atomic E-state index is 0.778. The highest BCUT2D eigenvalue weighted by Crippen LogP contribution is 2.37. The molecule has 1 aliphatic rings. The first kappa shape index (κ1) is 17.1. The Morgan fingerprint density at radius 2 is 2.12 bits per heavy atom. The summed E-state index contributed by atoms with van der Waals surface area (Å²) in [5, 5.41) is 13.1. The minimum absolute atomic E-state index is 0.778. The van der Waals surface area contributed by atoms with Crippen LogP contribution in [-0.4, -0.2) is 14.8 Å². The fourth-order valence-electron chi connectivity index (χ4n) is 3.34. The molecule has 0 spiro atoms. The van der Waals surface area contributed by atoms with Gasteiger partial charge in [-0.15, -0.1) is 21.5 Å². The predicted molar refractivity (Wildman–Crippen MR) is 107 cm³/mol. The molecule has 0 fully saturated rings. The molecule has 1 aromatic carbocycles. The standard InChI is InChI=1S/C19H20ClN3S2/c1-2-23-18(16-12-24-17-9-4-3-8-15(16)17)21-22-19(23)25-11-13-6-5-7-14(20)10-13/h5-7,10,12H,2-4,8-9,11H2,1H3. The van der Waals surface area contributed by atoms with Crippen molar-refractivity contribution < 1.29 is 0 Å². The second-order valence-corrected chi connectivity index (χ2v) is 8.57. The maximum atomic E-state index is 6.08. The molecule has 0 atom stereocenters. The van der Waals surface area contributed by atoms with Gasteiger partial charge in [-0.05, 0) is 55.9 Å². The van der Waals surface area contributed by atoms with Gasteiger partial charge in [-0.3, -0.25) is 0 Å². The second kappa shape index (κ2) is 7.52. The molecule has 0 bridgehead atoms. The molecule has 2 heterocycles. The van der Waals surface area contributed by atoms with Gasteiger partial charge in [-0.2, -0.15) is 0 Å². The highest BCUT2D eigenvalue weighted by atomic mass is 35.5. The van der Waals surface area contributed by atoms with E-state index < -0.39 is 0 Å². The number of rotatable bonds is 5. The quantitative estimate of drug-likeness (QED) is 0.512. The molecule has 0 saturated heterocycles. The molecule has 130 valence electrons. The van der Waals surface area contributed by atoms with Crippen LogP contribution < -0.4 is 0 Å². The van der Waals surface area contributed by atoms with Gasteiger partial charge in [-0.25, -0.2) is 0 Å². The van der Waals surface area contributed by atoms with Crippen LogP contribution in [0.25, 0.3) is 11.4 Å². The Labute approximate surface area is 161 Å². The average Bonchev–Trinajstić information content (AvgIpc) is 3.23. The molecule has 3 nitrogen and oxygen atoms in total. The van der Waals surface area contributed by atoms with E-state index in [1.165, 1.54) is 42.4 Å². The highest BCUT2D eigenvalue weighted by Gasteiger charge is 2.21. The number of thioether (sulfide) groups is 1. The minimum Gasteiger partial charge on any atom is -0.302 e. The van der Waals surface area contributed by atoms with Crippen LogP contribution in [0.3, 0.4) is 0 Å². The number of benzene rings is 1. The number of fused-ring (bicyclic) bond motifs is 1. The summed E-state index contributed by atoms with van der Waals surface area (Å²) >= 11 is 9.69. The van der Waals surface area contributed by atoms with E-state index in [9.17, 15) is 0 Å². The van der Waals surface area contributed by atoms with Crippen molar-refractivity contribution in [3.63, 3.8) is 0 Å². The van der Waals surface area contributed by atoms with Crippen LogP contribution in [0.5, 0.6) is 0 Å². The third-order valence-corrected chi connectivity index (χ3v) is 6.95. The molecule has 0 amide bonds. The molecular weight excluding hydrogens is 370 g/mol. The Balaban J connectivity index is 1.60. The smallest absolute Gasteiger partial charge is 0.191 e. The zero-order valence-electron chi connectivity index (χ0n) is 14.2. The van der Waals surface area contributed by atoms with Gasteiger partial charge < -0.3 is 4.57 Å². The molecular formula is C19H20ClN3S2. The van der Waals surface area contributed by atoms with E-state index in [0.717, 1.165) is 28.3 Å². The number of hydrogen-bond donors (Lipinski definition) is 0. The normalized spacial score (nSPS) is 13.8.